The Morgan fingerprint density at radius 1 is 1.11 bits per heavy atom. The summed E-state index contributed by atoms with van der Waals surface area (Å²) < 4.78 is 9.91. The largest absolute Gasteiger partial charge is 0.496 e. The average Bonchev–Trinajstić information content (AvgIpc) is 2.71. The first-order valence-corrected chi connectivity index (χ1v) is 8.50. The van der Waals surface area contributed by atoms with E-state index in [9.17, 15) is 9.59 Å². The molecule has 0 bridgehead atoms. The lowest BCUT2D eigenvalue weighted by atomic mass is 10.1. The summed E-state index contributed by atoms with van der Waals surface area (Å²) in [5.74, 6) is -0.471. The lowest BCUT2D eigenvalue weighted by molar-refractivity contribution is 0.0597. The predicted molar refractivity (Wildman–Crippen MR) is 102 cm³/mol. The Hall–Kier alpha value is -3.12. The molecule has 7 heteroatoms. The SMILES string of the molecule is COC(=O)c1cc(CNC(=O)c2cc3ccccc3c(Cl)n2)ccc1OC. The molecule has 27 heavy (non-hydrogen) atoms. The normalized spacial score (nSPS) is 10.5. The van der Waals surface area contributed by atoms with Crippen LogP contribution in [0.1, 0.15) is 26.4 Å². The fourth-order valence-electron chi connectivity index (χ4n) is 2.68. The molecule has 2 aromatic carbocycles. The third-order valence-electron chi connectivity index (χ3n) is 4.05. The van der Waals surface area contributed by atoms with E-state index in [1.807, 2.05) is 24.3 Å². The zero-order valence-corrected chi connectivity index (χ0v) is 15.5. The van der Waals surface area contributed by atoms with Gasteiger partial charge in [0.25, 0.3) is 5.91 Å². The summed E-state index contributed by atoms with van der Waals surface area (Å²) in [5, 5.41) is 4.67. The number of aromatic nitrogens is 1. The molecule has 6 nitrogen and oxygen atoms in total. The smallest absolute Gasteiger partial charge is 0.341 e. The Labute approximate surface area is 161 Å². The van der Waals surface area contributed by atoms with Crippen LogP contribution in [0.4, 0.5) is 0 Å². The van der Waals surface area contributed by atoms with Gasteiger partial charge in [-0.2, -0.15) is 0 Å². The molecule has 0 radical (unpaired) electrons. The van der Waals surface area contributed by atoms with Crippen molar-refractivity contribution in [2.45, 2.75) is 6.54 Å². The number of ether oxygens (including phenoxy) is 2. The van der Waals surface area contributed by atoms with E-state index in [1.54, 1.807) is 24.3 Å². The molecule has 0 fully saturated rings. The standard InChI is InChI=1S/C20H17ClN2O4/c1-26-17-8-7-12(9-15(17)20(25)27-2)11-22-19(24)16-10-13-5-3-4-6-14(13)18(21)23-16/h3-10H,11H2,1-2H3,(H,22,24). The van der Waals surface area contributed by atoms with Crippen LogP contribution in [0.25, 0.3) is 10.8 Å². The van der Waals surface area contributed by atoms with Gasteiger partial charge < -0.3 is 14.8 Å². The van der Waals surface area contributed by atoms with Crippen LogP contribution in [0, 0.1) is 0 Å². The number of hydrogen-bond donors (Lipinski definition) is 1. The lowest BCUT2D eigenvalue weighted by Gasteiger charge is -2.10. The molecule has 138 valence electrons. The van der Waals surface area contributed by atoms with Gasteiger partial charge in [-0.1, -0.05) is 41.9 Å². The number of pyridine rings is 1. The van der Waals surface area contributed by atoms with Crippen molar-refractivity contribution in [3.8, 4) is 5.75 Å². The number of carbonyl (C=O) groups is 2. The van der Waals surface area contributed by atoms with Crippen LogP contribution in [-0.4, -0.2) is 31.1 Å². The summed E-state index contributed by atoms with van der Waals surface area (Å²) in [6, 6.07) is 14.1. The van der Waals surface area contributed by atoms with Crippen molar-refractivity contribution < 1.29 is 19.1 Å². The molecule has 0 aliphatic heterocycles. The average molecular weight is 385 g/mol. The number of halogens is 1. The number of esters is 1. The van der Waals surface area contributed by atoms with Gasteiger partial charge in [-0.3, -0.25) is 4.79 Å². The van der Waals surface area contributed by atoms with Gasteiger partial charge in [-0.15, -0.1) is 0 Å². The number of hydrogen-bond acceptors (Lipinski definition) is 5. The number of nitrogens with one attached hydrogen (secondary N) is 1. The van der Waals surface area contributed by atoms with E-state index < -0.39 is 5.97 Å². The second kappa shape index (κ2) is 8.05. The van der Waals surface area contributed by atoms with Crippen molar-refractivity contribution in [1.82, 2.24) is 10.3 Å². The van der Waals surface area contributed by atoms with E-state index >= 15 is 0 Å². The third kappa shape index (κ3) is 4.01. The van der Waals surface area contributed by atoms with Crippen molar-refractivity contribution >= 4 is 34.2 Å². The molecule has 1 amide bonds. The lowest BCUT2D eigenvalue weighted by Crippen LogP contribution is -2.24. The van der Waals surface area contributed by atoms with Gasteiger partial charge in [0.15, 0.2) is 0 Å². The number of rotatable bonds is 5. The molecular formula is C20H17ClN2O4. The molecule has 1 N–H and O–H groups in total. The van der Waals surface area contributed by atoms with Crippen molar-refractivity contribution in [2.75, 3.05) is 14.2 Å². The van der Waals surface area contributed by atoms with E-state index in [4.69, 9.17) is 21.1 Å². The molecule has 0 atom stereocenters. The zero-order valence-electron chi connectivity index (χ0n) is 14.8. The summed E-state index contributed by atoms with van der Waals surface area (Å²) in [4.78, 5) is 28.5. The second-order valence-electron chi connectivity index (χ2n) is 5.73. The maximum absolute atomic E-state index is 12.5. The molecule has 0 aliphatic carbocycles. The number of amides is 1. The van der Waals surface area contributed by atoms with E-state index in [0.29, 0.717) is 11.3 Å². The Balaban J connectivity index is 1.79. The first-order valence-electron chi connectivity index (χ1n) is 8.12. The van der Waals surface area contributed by atoms with Crippen LogP contribution in [0.3, 0.4) is 0 Å². The first kappa shape index (κ1) is 18.7. The minimum atomic E-state index is -0.511. The number of fused-ring (bicyclic) bond motifs is 1. The molecule has 0 aliphatic rings. The summed E-state index contributed by atoms with van der Waals surface area (Å²) >= 11 is 6.17. The summed E-state index contributed by atoms with van der Waals surface area (Å²) in [5.41, 5.74) is 1.23. The highest BCUT2D eigenvalue weighted by Gasteiger charge is 2.15. The molecule has 0 unspecified atom stereocenters. The minimum absolute atomic E-state index is 0.207. The summed E-state index contributed by atoms with van der Waals surface area (Å²) in [6.07, 6.45) is 0. The molecule has 3 aromatic rings. The highest BCUT2D eigenvalue weighted by Crippen LogP contribution is 2.23. The second-order valence-corrected chi connectivity index (χ2v) is 6.09. The summed E-state index contributed by atoms with van der Waals surface area (Å²) in [6.45, 7) is 0.207. The monoisotopic (exact) mass is 384 g/mol. The van der Waals surface area contributed by atoms with E-state index in [2.05, 4.69) is 10.3 Å². The van der Waals surface area contributed by atoms with Crippen molar-refractivity contribution in [3.63, 3.8) is 0 Å². The van der Waals surface area contributed by atoms with Gasteiger partial charge in [-0.05, 0) is 29.1 Å². The van der Waals surface area contributed by atoms with Gasteiger partial charge >= 0.3 is 5.97 Å². The first-order chi connectivity index (χ1) is 13.0. The van der Waals surface area contributed by atoms with Gasteiger partial charge in [0.1, 0.15) is 22.2 Å². The van der Waals surface area contributed by atoms with Crippen LogP contribution in [0.15, 0.2) is 48.5 Å². The maximum atomic E-state index is 12.5. The Morgan fingerprint density at radius 3 is 2.63 bits per heavy atom. The molecule has 0 saturated heterocycles. The molecule has 0 saturated carbocycles. The van der Waals surface area contributed by atoms with Crippen molar-refractivity contribution in [3.05, 3.63) is 70.5 Å². The quantitative estimate of drug-likeness (QED) is 0.537. The van der Waals surface area contributed by atoms with E-state index in [0.717, 1.165) is 16.3 Å². The van der Waals surface area contributed by atoms with E-state index in [-0.39, 0.29) is 23.3 Å². The Morgan fingerprint density at radius 2 is 1.89 bits per heavy atom. The number of nitrogens with zero attached hydrogens (tertiary/aromatic N) is 1. The zero-order chi connectivity index (χ0) is 19.4. The summed E-state index contributed by atoms with van der Waals surface area (Å²) in [7, 11) is 2.77. The van der Waals surface area contributed by atoms with Gasteiger partial charge in [0.2, 0.25) is 0 Å². The van der Waals surface area contributed by atoms with Crippen LogP contribution >= 0.6 is 11.6 Å². The van der Waals surface area contributed by atoms with Crippen LogP contribution in [0.2, 0.25) is 5.15 Å². The molecular weight excluding hydrogens is 368 g/mol. The van der Waals surface area contributed by atoms with E-state index in [1.165, 1.54) is 14.2 Å². The third-order valence-corrected chi connectivity index (χ3v) is 4.34. The molecule has 3 rings (SSSR count). The molecule has 0 spiro atoms. The van der Waals surface area contributed by atoms with Crippen LogP contribution in [0.5, 0.6) is 5.75 Å². The highest BCUT2D eigenvalue weighted by atomic mass is 35.5. The predicted octanol–water partition coefficient (Wildman–Crippen LogP) is 3.61. The number of benzene rings is 2. The maximum Gasteiger partial charge on any atom is 0.341 e. The number of carbonyl (C=O) groups excluding carboxylic acids is 2. The fraction of sp³-hybridized carbons (Fsp3) is 0.150. The molecule has 1 heterocycles. The fourth-order valence-corrected chi connectivity index (χ4v) is 2.94. The Kier molecular flexibility index (Phi) is 5.57. The van der Waals surface area contributed by atoms with Gasteiger partial charge in [-0.25, -0.2) is 9.78 Å². The topological polar surface area (TPSA) is 77.5 Å². The highest BCUT2D eigenvalue weighted by molar-refractivity contribution is 6.34. The van der Waals surface area contributed by atoms with Crippen molar-refractivity contribution in [2.24, 2.45) is 0 Å². The molecule has 1 aromatic heterocycles. The number of methoxy groups -OCH3 is 2. The Bertz CT molecular complexity index is 1020. The van der Waals surface area contributed by atoms with Gasteiger partial charge in [0, 0.05) is 11.9 Å². The van der Waals surface area contributed by atoms with Crippen LogP contribution < -0.4 is 10.1 Å². The minimum Gasteiger partial charge on any atom is -0.496 e. The van der Waals surface area contributed by atoms with Crippen molar-refractivity contribution in [1.29, 1.82) is 0 Å². The van der Waals surface area contributed by atoms with Gasteiger partial charge in [0.05, 0.1) is 14.2 Å². The van der Waals surface area contributed by atoms with Crippen LogP contribution in [-0.2, 0) is 11.3 Å².